The number of urea groups is 1. The Morgan fingerprint density at radius 1 is 1.04 bits per heavy atom. The molecule has 0 atom stereocenters. The van der Waals surface area contributed by atoms with Crippen molar-refractivity contribution in [3.8, 4) is 0 Å². The van der Waals surface area contributed by atoms with Gasteiger partial charge in [0.05, 0.1) is 5.69 Å². The van der Waals surface area contributed by atoms with Gasteiger partial charge in [-0.3, -0.25) is 0 Å². The van der Waals surface area contributed by atoms with Gasteiger partial charge in [-0.25, -0.2) is 18.0 Å². The monoisotopic (exact) mass is 367 g/mol. The number of carbonyl (C=O) groups excluding carboxylic acids is 1. The molecular formula is C19H24F3N3O. The average molecular weight is 367 g/mol. The molecule has 1 aromatic carbocycles. The number of carbonyl (C=O) groups is 1. The molecule has 0 radical (unpaired) electrons. The molecule has 0 spiro atoms. The number of allylic oxidation sites excluding steroid dienone is 1. The van der Waals surface area contributed by atoms with Crippen molar-refractivity contribution in [3.63, 3.8) is 0 Å². The van der Waals surface area contributed by atoms with Gasteiger partial charge in [0, 0.05) is 32.7 Å². The van der Waals surface area contributed by atoms with E-state index in [1.165, 1.54) is 24.5 Å². The van der Waals surface area contributed by atoms with E-state index in [4.69, 9.17) is 0 Å². The maximum atomic E-state index is 13.9. The summed E-state index contributed by atoms with van der Waals surface area (Å²) < 4.78 is 40.3. The van der Waals surface area contributed by atoms with Crippen molar-refractivity contribution in [1.82, 2.24) is 10.2 Å². The Hall–Kier alpha value is -2.18. The van der Waals surface area contributed by atoms with Gasteiger partial charge in [-0.2, -0.15) is 0 Å². The summed E-state index contributed by atoms with van der Waals surface area (Å²) in [5, 5.41) is 2.93. The molecule has 26 heavy (non-hydrogen) atoms. The van der Waals surface area contributed by atoms with E-state index < -0.39 is 17.5 Å². The van der Waals surface area contributed by atoms with Crippen LogP contribution < -0.4 is 10.2 Å². The van der Waals surface area contributed by atoms with Crippen LogP contribution in [0.15, 0.2) is 23.8 Å². The van der Waals surface area contributed by atoms with Crippen LogP contribution in [0.1, 0.15) is 32.1 Å². The van der Waals surface area contributed by atoms with E-state index in [2.05, 4.69) is 11.4 Å². The van der Waals surface area contributed by atoms with Crippen molar-refractivity contribution in [2.24, 2.45) is 0 Å². The van der Waals surface area contributed by atoms with Crippen LogP contribution in [0.5, 0.6) is 0 Å². The first kappa shape index (κ1) is 18.6. The number of halogens is 3. The Balaban J connectivity index is 1.46. The molecule has 1 heterocycles. The summed E-state index contributed by atoms with van der Waals surface area (Å²) in [6, 6.07) is 2.03. The smallest absolute Gasteiger partial charge is 0.317 e. The third kappa shape index (κ3) is 4.31. The summed E-state index contributed by atoms with van der Waals surface area (Å²) in [5.41, 5.74) is 1.45. The van der Waals surface area contributed by atoms with E-state index in [0.717, 1.165) is 25.3 Å². The fourth-order valence-electron chi connectivity index (χ4n) is 3.48. The summed E-state index contributed by atoms with van der Waals surface area (Å²) in [4.78, 5) is 15.5. The Bertz CT molecular complexity index is 685. The van der Waals surface area contributed by atoms with Gasteiger partial charge >= 0.3 is 6.03 Å². The number of anilines is 1. The van der Waals surface area contributed by atoms with Crippen molar-refractivity contribution in [1.29, 1.82) is 0 Å². The minimum Gasteiger partial charge on any atom is -0.366 e. The van der Waals surface area contributed by atoms with E-state index >= 15 is 0 Å². The third-order valence-electron chi connectivity index (χ3n) is 5.03. The lowest BCUT2D eigenvalue weighted by molar-refractivity contribution is 0.194. The van der Waals surface area contributed by atoms with Gasteiger partial charge in [-0.05, 0) is 44.2 Å². The van der Waals surface area contributed by atoms with Crippen LogP contribution in [-0.2, 0) is 0 Å². The number of piperazine rings is 1. The third-order valence-corrected chi connectivity index (χ3v) is 5.03. The van der Waals surface area contributed by atoms with Crippen LogP contribution >= 0.6 is 0 Å². The molecule has 0 bridgehead atoms. The first-order valence-electron chi connectivity index (χ1n) is 9.15. The molecule has 1 N–H and O–H groups in total. The zero-order valence-electron chi connectivity index (χ0n) is 14.7. The number of amides is 2. The highest BCUT2D eigenvalue weighted by Crippen LogP contribution is 2.24. The lowest BCUT2D eigenvalue weighted by Crippen LogP contribution is -2.52. The summed E-state index contributed by atoms with van der Waals surface area (Å²) >= 11 is 0. The zero-order valence-corrected chi connectivity index (χ0v) is 14.7. The largest absolute Gasteiger partial charge is 0.366 e. The Morgan fingerprint density at radius 2 is 1.81 bits per heavy atom. The fraction of sp³-hybridized carbons (Fsp3) is 0.526. The molecular weight excluding hydrogens is 343 g/mol. The first-order valence-corrected chi connectivity index (χ1v) is 9.15. The number of hydrogen-bond donors (Lipinski definition) is 1. The van der Waals surface area contributed by atoms with Crippen LogP contribution in [0.2, 0.25) is 0 Å². The Morgan fingerprint density at radius 3 is 2.50 bits per heavy atom. The second-order valence-corrected chi connectivity index (χ2v) is 6.76. The highest BCUT2D eigenvalue weighted by Gasteiger charge is 2.24. The van der Waals surface area contributed by atoms with E-state index in [9.17, 15) is 18.0 Å². The van der Waals surface area contributed by atoms with Crippen LogP contribution in [0.4, 0.5) is 23.7 Å². The minimum absolute atomic E-state index is 0.0354. The molecule has 2 aliphatic rings. The molecule has 0 aromatic heterocycles. The second kappa shape index (κ2) is 8.47. The summed E-state index contributed by atoms with van der Waals surface area (Å²) in [6.07, 6.45) is 7.87. The molecule has 1 aliphatic heterocycles. The molecule has 1 saturated heterocycles. The lowest BCUT2D eigenvalue weighted by Gasteiger charge is -2.36. The SMILES string of the molecule is O=C(NCCC1=CCCCC1)N1CCN(c2ccc(F)c(F)c2F)CC1. The van der Waals surface area contributed by atoms with Crippen LogP contribution in [0.3, 0.4) is 0 Å². The predicted molar refractivity (Wildman–Crippen MR) is 94.7 cm³/mol. The topological polar surface area (TPSA) is 35.6 Å². The summed E-state index contributed by atoms with van der Waals surface area (Å²) in [6.45, 7) is 2.18. The maximum Gasteiger partial charge on any atom is 0.317 e. The second-order valence-electron chi connectivity index (χ2n) is 6.76. The molecule has 0 unspecified atom stereocenters. The molecule has 0 saturated carbocycles. The van der Waals surface area contributed by atoms with Gasteiger partial charge in [0.1, 0.15) is 0 Å². The summed E-state index contributed by atoms with van der Waals surface area (Å²) in [5.74, 6) is -3.83. The van der Waals surface area contributed by atoms with Gasteiger partial charge in [0.15, 0.2) is 17.5 Å². The Kier molecular flexibility index (Phi) is 6.06. The van der Waals surface area contributed by atoms with Crippen LogP contribution in [-0.4, -0.2) is 43.7 Å². The standard InChI is InChI=1S/C19H24F3N3O/c20-15-6-7-16(18(22)17(15)21)24-10-12-25(13-11-24)19(26)23-9-8-14-4-2-1-3-5-14/h4,6-7H,1-3,5,8-13H2,(H,23,26). The van der Waals surface area contributed by atoms with Crippen molar-refractivity contribution in [2.45, 2.75) is 32.1 Å². The normalized spacial score (nSPS) is 17.9. The molecule has 1 fully saturated rings. The number of hydrogen-bond acceptors (Lipinski definition) is 2. The van der Waals surface area contributed by atoms with Gasteiger partial charge in [-0.15, -0.1) is 0 Å². The number of nitrogens with one attached hydrogen (secondary N) is 1. The van der Waals surface area contributed by atoms with Crippen molar-refractivity contribution < 1.29 is 18.0 Å². The summed E-state index contributed by atoms with van der Waals surface area (Å²) in [7, 11) is 0. The van der Waals surface area contributed by atoms with Crippen molar-refractivity contribution >= 4 is 11.7 Å². The molecule has 1 aromatic rings. The highest BCUT2D eigenvalue weighted by atomic mass is 19.2. The van der Waals surface area contributed by atoms with E-state index in [-0.39, 0.29) is 11.7 Å². The molecule has 142 valence electrons. The molecule has 1 aliphatic carbocycles. The van der Waals surface area contributed by atoms with E-state index in [0.29, 0.717) is 32.7 Å². The maximum absolute atomic E-state index is 13.9. The molecule has 3 rings (SSSR count). The van der Waals surface area contributed by atoms with Gasteiger partial charge in [-0.1, -0.05) is 11.6 Å². The van der Waals surface area contributed by atoms with Crippen LogP contribution in [0, 0.1) is 17.5 Å². The minimum atomic E-state index is -1.46. The number of nitrogens with zero attached hydrogens (tertiary/aromatic N) is 2. The van der Waals surface area contributed by atoms with Crippen molar-refractivity contribution in [3.05, 3.63) is 41.2 Å². The fourth-order valence-corrected chi connectivity index (χ4v) is 3.48. The van der Waals surface area contributed by atoms with E-state index in [1.807, 2.05) is 0 Å². The van der Waals surface area contributed by atoms with Crippen LogP contribution in [0.25, 0.3) is 0 Å². The quantitative estimate of drug-likeness (QED) is 0.649. The molecule has 4 nitrogen and oxygen atoms in total. The molecule has 2 amide bonds. The van der Waals surface area contributed by atoms with Gasteiger partial charge in [0.25, 0.3) is 0 Å². The first-order chi connectivity index (χ1) is 12.6. The number of rotatable bonds is 4. The van der Waals surface area contributed by atoms with Gasteiger partial charge < -0.3 is 15.1 Å². The predicted octanol–water partition coefficient (Wildman–Crippen LogP) is 3.83. The van der Waals surface area contributed by atoms with Gasteiger partial charge in [0.2, 0.25) is 0 Å². The lowest BCUT2D eigenvalue weighted by atomic mass is 9.97. The Labute approximate surface area is 151 Å². The van der Waals surface area contributed by atoms with E-state index in [1.54, 1.807) is 9.80 Å². The zero-order chi connectivity index (χ0) is 18.5. The number of benzene rings is 1. The van der Waals surface area contributed by atoms with Crippen molar-refractivity contribution in [2.75, 3.05) is 37.6 Å². The highest BCUT2D eigenvalue weighted by molar-refractivity contribution is 5.74. The average Bonchev–Trinajstić information content (AvgIpc) is 2.67. The molecule has 7 heteroatoms.